The quantitative estimate of drug-likeness (QED) is 0.517. The highest BCUT2D eigenvalue weighted by atomic mass is 15.2. The average Bonchev–Trinajstić information content (AvgIpc) is 2.14. The highest BCUT2D eigenvalue weighted by Crippen LogP contribution is 1.92. The Morgan fingerprint density at radius 3 is 2.88 bits per heavy atom. The van der Waals surface area contributed by atoms with E-state index in [1.807, 2.05) is 19.3 Å². The summed E-state index contributed by atoms with van der Waals surface area (Å²) in [6.07, 6.45) is 2.41. The first-order valence-corrected chi connectivity index (χ1v) is 2.51. The Hall–Kier alpha value is -0.790. The van der Waals surface area contributed by atoms with Crippen molar-refractivity contribution < 1.29 is 0 Å². The third-order valence-electron chi connectivity index (χ3n) is 0.978. The van der Waals surface area contributed by atoms with Crippen molar-refractivity contribution in [1.82, 2.24) is 9.78 Å². The Bertz CT molecular complexity index is 167. The predicted molar refractivity (Wildman–Crippen MR) is 31.2 cm³/mol. The van der Waals surface area contributed by atoms with Gasteiger partial charge in [0.05, 0.1) is 5.69 Å². The maximum Gasteiger partial charge on any atom is 0.0627 e. The number of aryl methyl sites for hydroxylation is 1. The molecule has 2 heteroatoms. The van der Waals surface area contributed by atoms with Gasteiger partial charge in [-0.15, -0.1) is 0 Å². The lowest BCUT2D eigenvalue weighted by Crippen LogP contribution is -1.88. The molecule has 0 atom stereocenters. The van der Waals surface area contributed by atoms with Gasteiger partial charge >= 0.3 is 0 Å². The molecule has 0 saturated carbocycles. The van der Waals surface area contributed by atoms with Crippen LogP contribution >= 0.6 is 0 Å². The van der Waals surface area contributed by atoms with E-state index in [1.165, 1.54) is 0 Å². The molecule has 0 N–H and O–H groups in total. The summed E-state index contributed by atoms with van der Waals surface area (Å²) in [5.41, 5.74) is 0.938. The summed E-state index contributed by atoms with van der Waals surface area (Å²) in [4.78, 5) is 0. The Labute approximate surface area is 49.1 Å². The van der Waals surface area contributed by atoms with E-state index < -0.39 is 0 Å². The molecule has 0 spiro atoms. The Morgan fingerprint density at radius 2 is 2.62 bits per heavy atom. The van der Waals surface area contributed by atoms with Gasteiger partial charge in [-0.2, -0.15) is 5.10 Å². The van der Waals surface area contributed by atoms with Gasteiger partial charge in [0.1, 0.15) is 0 Å². The molecular weight excluding hydrogens is 100 g/mol. The lowest BCUT2D eigenvalue weighted by molar-refractivity contribution is 0.750. The van der Waals surface area contributed by atoms with Crippen molar-refractivity contribution in [2.45, 2.75) is 6.42 Å². The van der Waals surface area contributed by atoms with Gasteiger partial charge in [0.15, 0.2) is 0 Å². The zero-order valence-corrected chi connectivity index (χ0v) is 4.83. The van der Waals surface area contributed by atoms with Gasteiger partial charge in [0, 0.05) is 13.2 Å². The van der Waals surface area contributed by atoms with Crippen molar-refractivity contribution in [2.75, 3.05) is 0 Å². The monoisotopic (exact) mass is 108 g/mol. The SMILES string of the molecule is [CH]Cc1ccn(C)n1. The van der Waals surface area contributed by atoms with Gasteiger partial charge in [-0.3, -0.25) is 4.68 Å². The molecule has 8 heavy (non-hydrogen) atoms. The second-order valence-corrected chi connectivity index (χ2v) is 1.68. The van der Waals surface area contributed by atoms with Crippen LogP contribution in [0.25, 0.3) is 0 Å². The van der Waals surface area contributed by atoms with Gasteiger partial charge in [-0.1, -0.05) is 0 Å². The van der Waals surface area contributed by atoms with Gasteiger partial charge in [-0.05, 0) is 19.4 Å². The number of rotatable bonds is 1. The van der Waals surface area contributed by atoms with E-state index in [9.17, 15) is 0 Å². The van der Waals surface area contributed by atoms with Crippen molar-refractivity contribution in [1.29, 1.82) is 0 Å². The minimum Gasteiger partial charge on any atom is -0.276 e. The third kappa shape index (κ3) is 0.886. The summed E-state index contributed by atoms with van der Waals surface area (Å²) in [5, 5.41) is 4.02. The molecule has 0 aliphatic rings. The highest BCUT2D eigenvalue weighted by Gasteiger charge is 1.88. The van der Waals surface area contributed by atoms with Crippen LogP contribution in [-0.2, 0) is 13.5 Å². The first-order valence-electron chi connectivity index (χ1n) is 2.51. The summed E-state index contributed by atoms with van der Waals surface area (Å²) in [7, 11) is 1.87. The van der Waals surface area contributed by atoms with Crippen LogP contribution in [0.2, 0.25) is 0 Å². The molecule has 1 heterocycles. The fraction of sp³-hybridized carbons (Fsp3) is 0.333. The smallest absolute Gasteiger partial charge is 0.0627 e. The summed E-state index contributed by atoms with van der Waals surface area (Å²) < 4.78 is 1.74. The van der Waals surface area contributed by atoms with Crippen molar-refractivity contribution in [3.05, 3.63) is 24.9 Å². The zero-order chi connectivity index (χ0) is 5.98. The number of aromatic nitrogens is 2. The second-order valence-electron chi connectivity index (χ2n) is 1.68. The molecule has 2 radical (unpaired) electrons. The topological polar surface area (TPSA) is 17.8 Å². The normalized spacial score (nSPS) is 9.75. The molecule has 0 amide bonds. The van der Waals surface area contributed by atoms with E-state index >= 15 is 0 Å². The molecule has 0 aromatic carbocycles. The minimum atomic E-state index is 0.529. The van der Waals surface area contributed by atoms with Crippen LogP contribution in [0.3, 0.4) is 0 Å². The van der Waals surface area contributed by atoms with Crippen LogP contribution in [0, 0.1) is 6.92 Å². The van der Waals surface area contributed by atoms with E-state index in [1.54, 1.807) is 4.68 Å². The van der Waals surface area contributed by atoms with Crippen LogP contribution < -0.4 is 0 Å². The summed E-state index contributed by atoms with van der Waals surface area (Å²) >= 11 is 0. The number of hydrogen-bond donors (Lipinski definition) is 0. The van der Waals surface area contributed by atoms with E-state index in [0.717, 1.165) is 5.69 Å². The molecule has 0 bridgehead atoms. The summed E-state index contributed by atoms with van der Waals surface area (Å²) in [5.74, 6) is 0. The van der Waals surface area contributed by atoms with Crippen LogP contribution in [0.5, 0.6) is 0 Å². The molecule has 42 valence electrons. The lowest BCUT2D eigenvalue weighted by Gasteiger charge is -1.83. The third-order valence-corrected chi connectivity index (χ3v) is 0.978. The Balaban J connectivity index is 2.84. The van der Waals surface area contributed by atoms with Crippen molar-refractivity contribution in [3.8, 4) is 0 Å². The predicted octanol–water partition coefficient (Wildman–Crippen LogP) is 0.674. The first kappa shape index (κ1) is 5.35. The Kier molecular flexibility index (Phi) is 1.33. The molecule has 0 saturated heterocycles. The maximum absolute atomic E-state index is 5.29. The van der Waals surface area contributed by atoms with Gasteiger partial charge < -0.3 is 0 Å². The molecular formula is C6H8N2. The summed E-state index contributed by atoms with van der Waals surface area (Å²) in [6.45, 7) is 5.29. The van der Waals surface area contributed by atoms with Crippen LogP contribution in [0.1, 0.15) is 5.69 Å². The maximum atomic E-state index is 5.29. The van der Waals surface area contributed by atoms with Crippen LogP contribution in [0.4, 0.5) is 0 Å². The second kappa shape index (κ2) is 1.99. The molecule has 0 fully saturated rings. The standard InChI is InChI=1S/C6H8N2/c1-3-6-4-5-8(2)7-6/h1,4-5H,3H2,2H3. The molecule has 1 rings (SSSR count). The fourth-order valence-electron chi connectivity index (χ4n) is 0.572. The molecule has 2 nitrogen and oxygen atoms in total. The largest absolute Gasteiger partial charge is 0.276 e. The van der Waals surface area contributed by atoms with Crippen molar-refractivity contribution >= 4 is 0 Å². The lowest BCUT2D eigenvalue weighted by atomic mass is 10.4. The van der Waals surface area contributed by atoms with Gasteiger partial charge in [-0.25, -0.2) is 0 Å². The van der Waals surface area contributed by atoms with Crippen LogP contribution in [0.15, 0.2) is 12.3 Å². The molecule has 0 aliphatic carbocycles. The van der Waals surface area contributed by atoms with Crippen molar-refractivity contribution in [2.24, 2.45) is 7.05 Å². The first-order chi connectivity index (χ1) is 3.83. The van der Waals surface area contributed by atoms with Gasteiger partial charge in [0.2, 0.25) is 0 Å². The highest BCUT2D eigenvalue weighted by molar-refractivity contribution is 4.98. The van der Waals surface area contributed by atoms with Crippen molar-refractivity contribution in [3.63, 3.8) is 0 Å². The Morgan fingerprint density at radius 1 is 1.88 bits per heavy atom. The zero-order valence-electron chi connectivity index (χ0n) is 4.83. The minimum absolute atomic E-state index is 0.529. The number of hydrogen-bond acceptors (Lipinski definition) is 1. The van der Waals surface area contributed by atoms with E-state index in [2.05, 4.69) is 5.10 Å². The molecule has 1 aromatic rings. The van der Waals surface area contributed by atoms with E-state index in [4.69, 9.17) is 6.92 Å². The van der Waals surface area contributed by atoms with Gasteiger partial charge in [0.25, 0.3) is 0 Å². The average molecular weight is 108 g/mol. The van der Waals surface area contributed by atoms with E-state index in [0.29, 0.717) is 6.42 Å². The van der Waals surface area contributed by atoms with E-state index in [-0.39, 0.29) is 0 Å². The fourth-order valence-corrected chi connectivity index (χ4v) is 0.572. The molecule has 1 aromatic heterocycles. The summed E-state index contributed by atoms with van der Waals surface area (Å²) in [6, 6.07) is 1.90. The van der Waals surface area contributed by atoms with Crippen LogP contribution in [-0.4, -0.2) is 9.78 Å². The number of nitrogens with zero attached hydrogens (tertiary/aromatic N) is 2. The molecule has 0 aliphatic heterocycles. The molecule has 0 unspecified atom stereocenters.